The Kier molecular flexibility index (Phi) is 6.72. The summed E-state index contributed by atoms with van der Waals surface area (Å²) in [6.45, 7) is 0.215. The summed E-state index contributed by atoms with van der Waals surface area (Å²) in [6.07, 6.45) is 2.99. The monoisotopic (exact) mass is 569 g/mol. The molecule has 2 heterocycles. The van der Waals surface area contributed by atoms with Crippen molar-refractivity contribution >= 4 is 40.8 Å². The van der Waals surface area contributed by atoms with Crippen molar-refractivity contribution in [2.75, 3.05) is 0 Å². The van der Waals surface area contributed by atoms with E-state index in [0.717, 1.165) is 29.7 Å². The molecule has 1 fully saturated rings. The lowest BCUT2D eigenvalue weighted by Crippen LogP contribution is -2.18. The minimum Gasteiger partial charge on any atom is -0.489 e. The molecule has 1 saturated carbocycles. The number of rotatable bonds is 7. The second kappa shape index (κ2) is 10.2. The summed E-state index contributed by atoms with van der Waals surface area (Å²) in [5.74, 6) is 1.32. The number of aromatic nitrogens is 1. The molecule has 1 aliphatic carbocycles. The van der Waals surface area contributed by atoms with Gasteiger partial charge in [0.15, 0.2) is 0 Å². The van der Waals surface area contributed by atoms with Gasteiger partial charge in [-0.15, -0.1) is 0 Å². The highest BCUT2D eigenvalue weighted by atomic mass is 35.5. The van der Waals surface area contributed by atoms with Gasteiger partial charge in [-0.25, -0.2) is 4.79 Å². The standard InChI is InChI=1S/C29H22Cl3NO5/c30-21-4-2-5-22(31)26(21)27-20(28(38-33-27)15-7-8-15)14-36-16-9-10-19(23(32)13-16)25-12-11-17-18(29(34)35)3-1-6-24(17)37-25/h1-6,9-10,13,15,25H,7-8,11-12,14H2,(H,34,35). The summed E-state index contributed by atoms with van der Waals surface area (Å²) in [4.78, 5) is 11.5. The largest absolute Gasteiger partial charge is 0.489 e. The predicted molar refractivity (Wildman–Crippen MR) is 145 cm³/mol. The van der Waals surface area contributed by atoms with Gasteiger partial charge in [-0.1, -0.05) is 58.2 Å². The van der Waals surface area contributed by atoms with E-state index in [1.54, 1.807) is 42.5 Å². The number of aromatic carboxylic acids is 1. The third kappa shape index (κ3) is 4.73. The van der Waals surface area contributed by atoms with E-state index in [1.165, 1.54) is 0 Å². The lowest BCUT2D eigenvalue weighted by atomic mass is 9.94. The van der Waals surface area contributed by atoms with Crippen LogP contribution in [0.3, 0.4) is 0 Å². The van der Waals surface area contributed by atoms with E-state index >= 15 is 0 Å². The Labute approximate surface area is 234 Å². The molecule has 1 aliphatic heterocycles. The Morgan fingerprint density at radius 1 is 1.00 bits per heavy atom. The van der Waals surface area contributed by atoms with Crippen molar-refractivity contribution < 1.29 is 23.9 Å². The van der Waals surface area contributed by atoms with Gasteiger partial charge in [0.05, 0.1) is 26.2 Å². The maximum absolute atomic E-state index is 11.5. The first kappa shape index (κ1) is 25.1. The van der Waals surface area contributed by atoms with Gasteiger partial charge in [0.1, 0.15) is 35.7 Å². The fraction of sp³-hybridized carbons (Fsp3) is 0.241. The Balaban J connectivity index is 1.23. The van der Waals surface area contributed by atoms with Crippen LogP contribution in [0, 0.1) is 0 Å². The molecule has 1 aromatic heterocycles. The SMILES string of the molecule is O=C(O)c1cccc2c1CCC(c1ccc(OCc3c(-c4c(Cl)cccc4Cl)noc3C3CC3)cc1Cl)O2. The summed E-state index contributed by atoms with van der Waals surface area (Å²) in [5.41, 5.74) is 3.83. The zero-order valence-corrected chi connectivity index (χ0v) is 22.3. The fourth-order valence-electron chi connectivity index (χ4n) is 4.90. The van der Waals surface area contributed by atoms with Crippen LogP contribution in [0.2, 0.25) is 15.1 Å². The van der Waals surface area contributed by atoms with Crippen molar-refractivity contribution in [1.82, 2.24) is 5.16 Å². The maximum atomic E-state index is 11.5. The van der Waals surface area contributed by atoms with Gasteiger partial charge in [-0.3, -0.25) is 0 Å². The number of benzene rings is 3. The highest BCUT2D eigenvalue weighted by Crippen LogP contribution is 2.46. The average Bonchev–Trinajstić information content (AvgIpc) is 3.67. The molecule has 0 radical (unpaired) electrons. The molecule has 9 heteroatoms. The molecule has 0 amide bonds. The van der Waals surface area contributed by atoms with E-state index in [-0.39, 0.29) is 18.3 Å². The number of ether oxygens (including phenoxy) is 2. The minimum atomic E-state index is -0.957. The van der Waals surface area contributed by atoms with Crippen molar-refractivity contribution in [3.8, 4) is 22.8 Å². The second-order valence-electron chi connectivity index (χ2n) is 9.45. The van der Waals surface area contributed by atoms with Crippen molar-refractivity contribution in [1.29, 1.82) is 0 Å². The average molecular weight is 571 g/mol. The van der Waals surface area contributed by atoms with Crippen molar-refractivity contribution in [2.45, 2.75) is 44.3 Å². The lowest BCUT2D eigenvalue weighted by molar-refractivity contribution is 0.0692. The van der Waals surface area contributed by atoms with E-state index in [4.69, 9.17) is 48.8 Å². The third-order valence-electron chi connectivity index (χ3n) is 6.96. The van der Waals surface area contributed by atoms with Crippen LogP contribution in [-0.4, -0.2) is 16.2 Å². The number of carboxylic acids is 1. The van der Waals surface area contributed by atoms with Crippen LogP contribution in [0.25, 0.3) is 11.3 Å². The summed E-state index contributed by atoms with van der Waals surface area (Å²) >= 11 is 19.6. The molecule has 0 saturated heterocycles. The van der Waals surface area contributed by atoms with E-state index in [0.29, 0.717) is 62.1 Å². The number of carbonyl (C=O) groups is 1. The van der Waals surface area contributed by atoms with E-state index in [9.17, 15) is 9.90 Å². The first-order valence-corrected chi connectivity index (χ1v) is 13.4. The smallest absolute Gasteiger partial charge is 0.336 e. The molecule has 194 valence electrons. The molecule has 4 aromatic rings. The number of hydrogen-bond donors (Lipinski definition) is 1. The van der Waals surface area contributed by atoms with Crippen LogP contribution in [0.4, 0.5) is 0 Å². The van der Waals surface area contributed by atoms with Gasteiger partial charge in [-0.05, 0) is 62.1 Å². The van der Waals surface area contributed by atoms with Crippen LogP contribution in [0.5, 0.6) is 11.5 Å². The zero-order chi connectivity index (χ0) is 26.4. The van der Waals surface area contributed by atoms with Crippen LogP contribution < -0.4 is 9.47 Å². The van der Waals surface area contributed by atoms with Gasteiger partial charge < -0.3 is 19.1 Å². The van der Waals surface area contributed by atoms with E-state index in [1.807, 2.05) is 12.1 Å². The number of hydrogen-bond acceptors (Lipinski definition) is 5. The molecule has 1 unspecified atom stereocenters. The second-order valence-corrected chi connectivity index (χ2v) is 10.7. The molecular formula is C29H22Cl3NO5. The fourth-order valence-corrected chi connectivity index (χ4v) is 5.77. The zero-order valence-electron chi connectivity index (χ0n) is 20.0. The lowest BCUT2D eigenvalue weighted by Gasteiger charge is -2.28. The Morgan fingerprint density at radius 3 is 2.47 bits per heavy atom. The van der Waals surface area contributed by atoms with Crippen molar-refractivity contribution in [3.05, 3.63) is 97.7 Å². The van der Waals surface area contributed by atoms with E-state index < -0.39 is 5.97 Å². The topological polar surface area (TPSA) is 81.8 Å². The molecule has 2 aliphatic rings. The summed E-state index contributed by atoms with van der Waals surface area (Å²) in [5, 5.41) is 15.3. The van der Waals surface area contributed by atoms with Gasteiger partial charge in [-0.2, -0.15) is 0 Å². The minimum absolute atomic E-state index is 0.215. The summed E-state index contributed by atoms with van der Waals surface area (Å²) in [7, 11) is 0. The highest BCUT2D eigenvalue weighted by molar-refractivity contribution is 6.39. The van der Waals surface area contributed by atoms with Crippen LogP contribution >= 0.6 is 34.8 Å². The normalized spacial score (nSPS) is 16.6. The van der Waals surface area contributed by atoms with E-state index in [2.05, 4.69) is 5.16 Å². The van der Waals surface area contributed by atoms with Crippen LogP contribution in [0.1, 0.15) is 64.1 Å². The summed E-state index contributed by atoms with van der Waals surface area (Å²) < 4.78 is 18.0. The molecular weight excluding hydrogens is 549 g/mol. The molecule has 0 bridgehead atoms. The molecule has 3 aromatic carbocycles. The Hall–Kier alpha value is -3.19. The van der Waals surface area contributed by atoms with Gasteiger partial charge in [0.2, 0.25) is 0 Å². The predicted octanol–water partition coefficient (Wildman–Crippen LogP) is 8.52. The highest BCUT2D eigenvalue weighted by Gasteiger charge is 2.34. The van der Waals surface area contributed by atoms with Gasteiger partial charge in [0.25, 0.3) is 0 Å². The van der Waals surface area contributed by atoms with Crippen LogP contribution in [0.15, 0.2) is 59.1 Å². The molecule has 6 rings (SSSR count). The first-order chi connectivity index (χ1) is 18.4. The number of halogens is 3. The Bertz CT molecular complexity index is 1530. The number of nitrogens with zero attached hydrogens (tertiary/aromatic N) is 1. The molecule has 1 atom stereocenters. The van der Waals surface area contributed by atoms with Gasteiger partial charge >= 0.3 is 5.97 Å². The quantitative estimate of drug-likeness (QED) is 0.240. The molecule has 6 nitrogen and oxygen atoms in total. The number of carboxylic acid groups (broad SMARTS) is 1. The molecule has 0 spiro atoms. The first-order valence-electron chi connectivity index (χ1n) is 12.3. The Morgan fingerprint density at radius 2 is 1.76 bits per heavy atom. The van der Waals surface area contributed by atoms with Crippen molar-refractivity contribution in [2.24, 2.45) is 0 Å². The number of fused-ring (bicyclic) bond motifs is 1. The summed E-state index contributed by atoms with van der Waals surface area (Å²) in [6, 6.07) is 15.9. The molecule has 38 heavy (non-hydrogen) atoms. The maximum Gasteiger partial charge on any atom is 0.336 e. The third-order valence-corrected chi connectivity index (χ3v) is 7.91. The van der Waals surface area contributed by atoms with Crippen molar-refractivity contribution in [3.63, 3.8) is 0 Å². The van der Waals surface area contributed by atoms with Crippen LogP contribution in [-0.2, 0) is 13.0 Å². The molecule has 1 N–H and O–H groups in total. The van der Waals surface area contributed by atoms with Gasteiger partial charge in [0, 0.05) is 22.6 Å².